The Morgan fingerprint density at radius 1 is 0.818 bits per heavy atom. The molecule has 0 spiro atoms. The molecule has 0 unspecified atom stereocenters. The van der Waals surface area contributed by atoms with Crippen molar-refractivity contribution in [2.24, 2.45) is 0 Å². The zero-order valence-corrected chi connectivity index (χ0v) is 9.34. The Hall–Kier alpha value is -0.382. The van der Waals surface area contributed by atoms with Crippen LogP contribution in [0.1, 0.15) is 0 Å². The van der Waals surface area contributed by atoms with Crippen LogP contribution in [-0.2, 0) is 61.1 Å². The summed E-state index contributed by atoms with van der Waals surface area (Å²) in [5.74, 6) is 0. The number of nitrogens with zero attached hydrogens (tertiary/aromatic N) is 3. The molecule has 0 aromatic heterocycles. The predicted octanol–water partition coefficient (Wildman–Crippen LogP) is -0.0782. The average molecular weight is 286 g/mol. The van der Waals surface area contributed by atoms with Crippen molar-refractivity contribution in [3.63, 3.8) is 0 Å². The molecule has 0 N–H and O–H groups in total. The van der Waals surface area contributed by atoms with Gasteiger partial charge in [-0.15, -0.1) is 0 Å². The normalized spacial score (nSPS) is 2.27. The molecule has 0 amide bonds. The maximum atomic E-state index is 8.26. The summed E-state index contributed by atoms with van der Waals surface area (Å²) in [5, 5.41) is 25.4. The van der Waals surface area contributed by atoms with E-state index in [0.717, 1.165) is 0 Å². The van der Waals surface area contributed by atoms with Crippen molar-refractivity contribution in [1.82, 2.24) is 0 Å². The third kappa shape index (κ3) is 3830. The van der Waals surface area contributed by atoms with E-state index in [1.54, 1.807) is 0 Å². The van der Waals surface area contributed by atoms with E-state index in [4.69, 9.17) is 19.2 Å². The van der Waals surface area contributed by atoms with Crippen molar-refractivity contribution >= 4 is 37.9 Å². The molecule has 0 aliphatic heterocycles. The Labute approximate surface area is 92.6 Å². The Kier molecular flexibility index (Phi) is 212. The van der Waals surface area contributed by atoms with E-state index in [2.05, 4.69) is 37.9 Å². The Balaban J connectivity index is -0.0000000301. The van der Waals surface area contributed by atoms with Gasteiger partial charge in [0.1, 0.15) is 0 Å². The molecular formula is C3MoN3OS3-3. The molecule has 0 rings (SSSR count). The van der Waals surface area contributed by atoms with Crippen LogP contribution in [0, 0.1) is 32.0 Å². The van der Waals surface area contributed by atoms with Gasteiger partial charge in [-0.2, -0.15) is 0 Å². The standard InChI is InChI=1S/3CHNS.Mo.O/c3*2-1-3;;/h3*3H;;/p-3. The third-order valence-electron chi connectivity index (χ3n) is 0. The van der Waals surface area contributed by atoms with Crippen molar-refractivity contribution in [2.75, 3.05) is 0 Å². The molecule has 0 aliphatic rings. The van der Waals surface area contributed by atoms with E-state index in [-0.39, 0.29) is 0 Å². The van der Waals surface area contributed by atoms with Gasteiger partial charge in [-0.25, -0.2) is 15.8 Å². The minimum absolute atomic E-state index is 0.700. The molecule has 4 nitrogen and oxygen atoms in total. The van der Waals surface area contributed by atoms with Crippen LogP contribution in [0.3, 0.4) is 0 Å². The van der Waals surface area contributed by atoms with E-state index < -0.39 is 0 Å². The van der Waals surface area contributed by atoms with Gasteiger partial charge in [-0.1, -0.05) is 16.2 Å². The van der Waals surface area contributed by atoms with Crippen LogP contribution >= 0.6 is 0 Å². The second-order valence-corrected chi connectivity index (χ2v) is 0.822. The first-order valence-electron chi connectivity index (χ1n) is 1.45. The maximum absolute atomic E-state index is 8.26. The molecule has 0 radical (unpaired) electrons. The Bertz CT molecular complexity index is 128. The van der Waals surface area contributed by atoms with Crippen LogP contribution in [-0.4, -0.2) is 0 Å². The van der Waals surface area contributed by atoms with Crippen molar-refractivity contribution < 1.29 is 23.2 Å². The molecule has 0 aliphatic carbocycles. The monoisotopic (exact) mass is 288 g/mol. The quantitative estimate of drug-likeness (QED) is 0.349. The fraction of sp³-hybridized carbons (Fsp3) is 0. The summed E-state index contributed by atoms with van der Waals surface area (Å²) in [6.45, 7) is 0. The van der Waals surface area contributed by atoms with Crippen LogP contribution in [0.5, 0.6) is 0 Å². The molecular weight excluding hydrogens is 286 g/mol. The second-order valence-electron chi connectivity index (χ2n) is 0.274. The molecule has 0 bridgehead atoms. The zero-order valence-electron chi connectivity index (χ0n) is 4.88. The van der Waals surface area contributed by atoms with Gasteiger partial charge in [-0.05, 0) is 0 Å². The summed E-state index contributed by atoms with van der Waals surface area (Å²) in [5.41, 5.74) is 0. The van der Waals surface area contributed by atoms with Crippen LogP contribution in [0.2, 0.25) is 0 Å². The number of rotatable bonds is 0. The molecule has 60 valence electrons. The number of hydrogen-bond donors (Lipinski definition) is 0. The molecule has 0 saturated carbocycles. The second kappa shape index (κ2) is 104. The zero-order chi connectivity index (χ0) is 10.1. The molecule has 0 heterocycles. The van der Waals surface area contributed by atoms with Gasteiger partial charge in [0.15, 0.2) is 0 Å². The SMILES string of the molecule is N#C[S-].N#C[S-].N#C[S-].[O]=[Mo]. The minimum atomic E-state index is 0.700. The summed E-state index contributed by atoms with van der Waals surface area (Å²) < 4.78 is 8.26. The first-order valence-corrected chi connectivity index (χ1v) is 3.49. The van der Waals surface area contributed by atoms with Gasteiger partial charge < -0.3 is 37.9 Å². The van der Waals surface area contributed by atoms with E-state index in [0.29, 0.717) is 19.8 Å². The molecule has 0 aromatic carbocycles. The fourth-order valence-corrected chi connectivity index (χ4v) is 0. The van der Waals surface area contributed by atoms with E-state index >= 15 is 0 Å². The Morgan fingerprint density at radius 3 is 0.818 bits per heavy atom. The third-order valence-corrected chi connectivity index (χ3v) is 0. The summed E-state index contributed by atoms with van der Waals surface area (Å²) in [4.78, 5) is 0. The van der Waals surface area contributed by atoms with Gasteiger partial charge in [-0.3, -0.25) is 0 Å². The predicted molar refractivity (Wildman–Crippen MR) is 39.6 cm³/mol. The van der Waals surface area contributed by atoms with Crippen LogP contribution in [0.4, 0.5) is 0 Å². The molecule has 0 aromatic rings. The van der Waals surface area contributed by atoms with E-state index in [1.807, 2.05) is 0 Å². The average Bonchev–Trinajstić information content (AvgIpc) is 1.96. The van der Waals surface area contributed by atoms with E-state index in [1.165, 1.54) is 16.2 Å². The molecule has 0 fully saturated rings. The molecule has 0 saturated heterocycles. The topological polar surface area (TPSA) is 88.4 Å². The van der Waals surface area contributed by atoms with E-state index in [9.17, 15) is 0 Å². The van der Waals surface area contributed by atoms with Gasteiger partial charge in [0.05, 0.1) is 0 Å². The van der Waals surface area contributed by atoms with Gasteiger partial charge >= 0.3 is 23.2 Å². The number of hydrogen-bond acceptors (Lipinski definition) is 7. The number of thiocyanates is 3. The molecule has 0 atom stereocenters. The molecule has 11 heavy (non-hydrogen) atoms. The summed E-state index contributed by atoms with van der Waals surface area (Å²) in [7, 11) is 0. The van der Waals surface area contributed by atoms with Crippen molar-refractivity contribution in [3.05, 3.63) is 0 Å². The first-order chi connectivity index (χ1) is 5.24. The van der Waals surface area contributed by atoms with Crippen molar-refractivity contribution in [2.45, 2.75) is 0 Å². The van der Waals surface area contributed by atoms with Crippen LogP contribution < -0.4 is 0 Å². The molecule has 8 heteroatoms. The van der Waals surface area contributed by atoms with Gasteiger partial charge in [0.25, 0.3) is 0 Å². The van der Waals surface area contributed by atoms with Crippen molar-refractivity contribution in [3.8, 4) is 16.2 Å². The van der Waals surface area contributed by atoms with Gasteiger partial charge in [0, 0.05) is 0 Å². The summed E-state index contributed by atoms with van der Waals surface area (Å²) >= 11 is 11.8. The Morgan fingerprint density at radius 2 is 0.818 bits per heavy atom. The van der Waals surface area contributed by atoms with Gasteiger partial charge in [0.2, 0.25) is 0 Å². The summed E-state index contributed by atoms with van der Waals surface area (Å²) in [6, 6.07) is 0. The number of nitriles is 3. The summed E-state index contributed by atoms with van der Waals surface area (Å²) in [6.07, 6.45) is 0. The van der Waals surface area contributed by atoms with Crippen molar-refractivity contribution in [1.29, 1.82) is 15.8 Å². The first kappa shape index (κ1) is 22.4. The fourth-order valence-electron chi connectivity index (χ4n) is 0. The van der Waals surface area contributed by atoms with Crippen LogP contribution in [0.25, 0.3) is 0 Å². The van der Waals surface area contributed by atoms with Crippen LogP contribution in [0.15, 0.2) is 0 Å².